The molecule has 2 atom stereocenters. The summed E-state index contributed by atoms with van der Waals surface area (Å²) in [6.07, 6.45) is -1.71. The molecule has 2 rings (SSSR count). The summed E-state index contributed by atoms with van der Waals surface area (Å²) >= 11 is 0. The van der Waals surface area contributed by atoms with Crippen LogP contribution in [0.25, 0.3) is 0 Å². The highest BCUT2D eigenvalue weighted by molar-refractivity contribution is 5.43. The fraction of sp³-hybridized carbons (Fsp3) is 0.625. The third-order valence-electron chi connectivity index (χ3n) is 3.97. The van der Waals surface area contributed by atoms with E-state index in [9.17, 15) is 18.3 Å². The van der Waals surface area contributed by atoms with Gasteiger partial charge in [-0.25, -0.2) is 0 Å². The van der Waals surface area contributed by atoms with Gasteiger partial charge in [-0.1, -0.05) is 12.5 Å². The van der Waals surface area contributed by atoms with Crippen LogP contribution < -0.4 is 14.8 Å². The molecule has 23 heavy (non-hydrogen) atoms. The summed E-state index contributed by atoms with van der Waals surface area (Å²) in [5.74, 6) is 0.612. The number of hydrogen-bond donors (Lipinski definition) is 2. The zero-order valence-electron chi connectivity index (χ0n) is 13.0. The van der Waals surface area contributed by atoms with Gasteiger partial charge in [-0.05, 0) is 36.5 Å². The van der Waals surface area contributed by atoms with Gasteiger partial charge in [0.15, 0.2) is 18.1 Å². The van der Waals surface area contributed by atoms with Crippen molar-refractivity contribution in [1.82, 2.24) is 5.32 Å². The van der Waals surface area contributed by atoms with Crippen molar-refractivity contribution in [2.24, 2.45) is 5.92 Å². The number of nitrogens with one attached hydrogen (secondary N) is 1. The quantitative estimate of drug-likeness (QED) is 0.806. The highest BCUT2D eigenvalue weighted by Gasteiger charge is 2.29. The lowest BCUT2D eigenvalue weighted by atomic mass is 10.1. The summed E-state index contributed by atoms with van der Waals surface area (Å²) in [5.41, 5.74) is 0.883. The minimum atomic E-state index is -4.38. The molecule has 0 aromatic heterocycles. The first-order chi connectivity index (χ1) is 10.9. The van der Waals surface area contributed by atoms with Crippen LogP contribution in [-0.2, 0) is 6.54 Å². The van der Waals surface area contributed by atoms with Crippen LogP contribution in [0.15, 0.2) is 18.2 Å². The maximum Gasteiger partial charge on any atom is 0.422 e. The Morgan fingerprint density at radius 3 is 2.65 bits per heavy atom. The van der Waals surface area contributed by atoms with Crippen molar-refractivity contribution in [3.05, 3.63) is 23.8 Å². The Kier molecular flexibility index (Phi) is 6.12. The second kappa shape index (κ2) is 7.88. The van der Waals surface area contributed by atoms with Crippen molar-refractivity contribution >= 4 is 0 Å². The minimum Gasteiger partial charge on any atom is -0.493 e. The molecule has 0 aliphatic heterocycles. The Hall–Kier alpha value is -1.47. The Bertz CT molecular complexity index is 508. The van der Waals surface area contributed by atoms with Crippen molar-refractivity contribution < 1.29 is 27.8 Å². The first-order valence-electron chi connectivity index (χ1n) is 7.64. The molecule has 0 saturated heterocycles. The van der Waals surface area contributed by atoms with Gasteiger partial charge in [0.1, 0.15) is 0 Å². The van der Waals surface area contributed by atoms with E-state index in [-0.39, 0.29) is 23.5 Å². The summed E-state index contributed by atoms with van der Waals surface area (Å²) in [5, 5.41) is 13.0. The molecule has 0 radical (unpaired) electrons. The summed E-state index contributed by atoms with van der Waals surface area (Å²) in [6, 6.07) is 4.84. The van der Waals surface area contributed by atoms with E-state index < -0.39 is 12.8 Å². The molecule has 130 valence electrons. The second-order valence-corrected chi connectivity index (χ2v) is 5.78. The normalized spacial score (nSPS) is 21.4. The lowest BCUT2D eigenvalue weighted by molar-refractivity contribution is -0.153. The average molecular weight is 333 g/mol. The third kappa shape index (κ3) is 5.58. The number of aliphatic hydroxyl groups excluding tert-OH is 1. The molecule has 1 aromatic carbocycles. The van der Waals surface area contributed by atoms with Gasteiger partial charge >= 0.3 is 6.18 Å². The highest BCUT2D eigenvalue weighted by atomic mass is 19.4. The van der Waals surface area contributed by atoms with Crippen molar-refractivity contribution in [3.8, 4) is 11.5 Å². The molecule has 0 spiro atoms. The van der Waals surface area contributed by atoms with Crippen molar-refractivity contribution in [2.75, 3.05) is 20.3 Å². The number of benzene rings is 1. The molecule has 2 N–H and O–H groups in total. The van der Waals surface area contributed by atoms with E-state index in [0.29, 0.717) is 6.54 Å². The first kappa shape index (κ1) is 17.9. The predicted molar refractivity (Wildman–Crippen MR) is 79.6 cm³/mol. The number of rotatable bonds is 7. The van der Waals surface area contributed by atoms with Crippen molar-refractivity contribution in [1.29, 1.82) is 0 Å². The molecular weight excluding hydrogens is 311 g/mol. The summed E-state index contributed by atoms with van der Waals surface area (Å²) in [4.78, 5) is 0. The zero-order valence-corrected chi connectivity index (χ0v) is 13.0. The average Bonchev–Trinajstić information content (AvgIpc) is 2.90. The van der Waals surface area contributed by atoms with Gasteiger partial charge < -0.3 is 19.9 Å². The van der Waals surface area contributed by atoms with Gasteiger partial charge in [-0.3, -0.25) is 0 Å². The maximum absolute atomic E-state index is 12.2. The van der Waals surface area contributed by atoms with E-state index in [4.69, 9.17) is 9.47 Å². The van der Waals surface area contributed by atoms with Crippen molar-refractivity contribution in [3.63, 3.8) is 0 Å². The Morgan fingerprint density at radius 2 is 2.04 bits per heavy atom. The lowest BCUT2D eigenvalue weighted by Crippen LogP contribution is -2.27. The largest absolute Gasteiger partial charge is 0.493 e. The standard InChI is InChI=1S/C16H22F3NO3/c1-22-15-7-11(5-6-14(15)23-10-16(17,18)19)8-20-9-12-3-2-4-13(12)21/h5-7,12-13,20-21H,2-4,8-10H2,1H3. The maximum atomic E-state index is 12.2. The number of halogens is 3. The van der Waals surface area contributed by atoms with E-state index in [1.165, 1.54) is 13.2 Å². The molecule has 1 aromatic rings. The molecule has 1 aliphatic rings. The lowest BCUT2D eigenvalue weighted by Gasteiger charge is -2.16. The Balaban J connectivity index is 1.87. The number of aliphatic hydroxyl groups is 1. The summed E-state index contributed by atoms with van der Waals surface area (Å²) in [7, 11) is 1.39. The van der Waals surface area contributed by atoms with Gasteiger partial charge in [0.05, 0.1) is 13.2 Å². The van der Waals surface area contributed by atoms with Crippen LogP contribution in [0.5, 0.6) is 11.5 Å². The topological polar surface area (TPSA) is 50.7 Å². The molecule has 1 saturated carbocycles. The number of hydrogen-bond acceptors (Lipinski definition) is 4. The van der Waals surface area contributed by atoms with Gasteiger partial charge in [0.25, 0.3) is 0 Å². The molecule has 0 bridgehead atoms. The number of ether oxygens (including phenoxy) is 2. The molecule has 1 aliphatic carbocycles. The van der Waals surface area contributed by atoms with E-state index >= 15 is 0 Å². The molecule has 0 heterocycles. The van der Waals surface area contributed by atoms with Crippen LogP contribution in [0.3, 0.4) is 0 Å². The van der Waals surface area contributed by atoms with E-state index in [0.717, 1.165) is 31.4 Å². The Labute approximate surface area is 133 Å². The number of alkyl halides is 3. The molecule has 7 heteroatoms. The predicted octanol–water partition coefficient (Wildman–Crippen LogP) is 2.89. The molecule has 2 unspecified atom stereocenters. The van der Waals surface area contributed by atoms with E-state index in [2.05, 4.69) is 5.32 Å². The van der Waals surface area contributed by atoms with Gasteiger partial charge in [-0.15, -0.1) is 0 Å². The SMILES string of the molecule is COc1cc(CNCC2CCCC2O)ccc1OCC(F)(F)F. The molecule has 0 amide bonds. The number of methoxy groups -OCH3 is 1. The van der Waals surface area contributed by atoms with Crippen LogP contribution >= 0.6 is 0 Å². The molecular formula is C16H22F3NO3. The van der Waals surface area contributed by atoms with Crippen LogP contribution in [0.2, 0.25) is 0 Å². The van der Waals surface area contributed by atoms with Crippen LogP contribution in [-0.4, -0.2) is 37.6 Å². The van der Waals surface area contributed by atoms with E-state index in [1.54, 1.807) is 12.1 Å². The molecule has 1 fully saturated rings. The monoisotopic (exact) mass is 333 g/mol. The second-order valence-electron chi connectivity index (χ2n) is 5.78. The highest BCUT2D eigenvalue weighted by Crippen LogP contribution is 2.30. The van der Waals surface area contributed by atoms with Gasteiger partial charge in [0.2, 0.25) is 0 Å². The smallest absolute Gasteiger partial charge is 0.422 e. The van der Waals surface area contributed by atoms with Gasteiger partial charge in [-0.2, -0.15) is 13.2 Å². The van der Waals surface area contributed by atoms with Gasteiger partial charge in [0, 0.05) is 13.1 Å². The summed E-state index contributed by atoms with van der Waals surface area (Å²) < 4.78 is 46.4. The third-order valence-corrected chi connectivity index (χ3v) is 3.97. The van der Waals surface area contributed by atoms with Crippen LogP contribution in [0.4, 0.5) is 13.2 Å². The fourth-order valence-corrected chi connectivity index (χ4v) is 2.76. The van der Waals surface area contributed by atoms with E-state index in [1.807, 2.05) is 0 Å². The Morgan fingerprint density at radius 1 is 1.26 bits per heavy atom. The van der Waals surface area contributed by atoms with Crippen LogP contribution in [0, 0.1) is 5.92 Å². The van der Waals surface area contributed by atoms with Crippen molar-refractivity contribution in [2.45, 2.75) is 38.1 Å². The van der Waals surface area contributed by atoms with Crippen LogP contribution in [0.1, 0.15) is 24.8 Å². The minimum absolute atomic E-state index is 0.0693. The fourth-order valence-electron chi connectivity index (χ4n) is 2.76. The molecule has 4 nitrogen and oxygen atoms in total. The zero-order chi connectivity index (χ0) is 16.9. The first-order valence-corrected chi connectivity index (χ1v) is 7.64. The summed E-state index contributed by atoms with van der Waals surface area (Å²) in [6.45, 7) is -0.0739.